The lowest BCUT2D eigenvalue weighted by molar-refractivity contribution is -0.385. The Morgan fingerprint density at radius 3 is 2.21 bits per heavy atom. The van der Waals surface area contributed by atoms with Crippen molar-refractivity contribution in [1.82, 2.24) is 4.98 Å². The van der Waals surface area contributed by atoms with Crippen LogP contribution in [-0.4, -0.2) is 72.1 Å². The second-order valence-corrected chi connectivity index (χ2v) is 11.2. The van der Waals surface area contributed by atoms with Crippen LogP contribution in [0.3, 0.4) is 0 Å². The van der Waals surface area contributed by atoms with E-state index in [2.05, 4.69) is 0 Å². The summed E-state index contributed by atoms with van der Waals surface area (Å²) >= 11 is 0. The van der Waals surface area contributed by atoms with Crippen LogP contribution in [0.2, 0.25) is 0 Å². The minimum atomic E-state index is -3.83. The molecule has 0 aliphatic heterocycles. The van der Waals surface area contributed by atoms with Gasteiger partial charge in [0.25, 0.3) is 10.1 Å². The molecule has 0 unspecified atom stereocenters. The molecule has 0 bridgehead atoms. The van der Waals surface area contributed by atoms with Crippen molar-refractivity contribution in [1.29, 1.82) is 0 Å². The topological polar surface area (TPSA) is 130 Å². The summed E-state index contributed by atoms with van der Waals surface area (Å²) in [5, 5.41) is 12.5. The number of rotatable bonds is 15. The number of benzene rings is 3. The molecule has 0 aliphatic carbocycles. The molecule has 0 radical (unpaired) electrons. The zero-order valence-corrected chi connectivity index (χ0v) is 24.5. The molecule has 0 saturated heterocycles. The molecule has 1 aromatic heterocycles. The van der Waals surface area contributed by atoms with Crippen LogP contribution < -0.4 is 9.64 Å². The second-order valence-electron chi connectivity index (χ2n) is 9.57. The predicted molar refractivity (Wildman–Crippen MR) is 160 cm³/mol. The van der Waals surface area contributed by atoms with Crippen molar-refractivity contribution in [2.45, 2.75) is 11.8 Å². The Balaban J connectivity index is 1.22. The number of hydrogen-bond acceptors (Lipinski definition) is 10. The highest BCUT2D eigenvalue weighted by Gasteiger charge is 2.17. The van der Waals surface area contributed by atoms with Gasteiger partial charge in [-0.2, -0.15) is 8.42 Å². The Bertz CT molecular complexity index is 1630. The first-order chi connectivity index (χ1) is 20.1. The van der Waals surface area contributed by atoms with Gasteiger partial charge in [-0.3, -0.25) is 14.3 Å². The monoisotopic (exact) mass is 595 g/mol. The van der Waals surface area contributed by atoms with Crippen molar-refractivity contribution in [3.63, 3.8) is 0 Å². The fourth-order valence-electron chi connectivity index (χ4n) is 4.00. The van der Waals surface area contributed by atoms with Crippen LogP contribution in [0, 0.1) is 17.0 Å². The maximum Gasteiger partial charge on any atom is 0.310 e. The SMILES string of the molecule is Cc1ccc(S(=O)(=O)OCCOCCOCCOc2cc(-c3ccc4cc(N(C)C)ccc4n3)ccc2[N+](=O)[O-])cc1. The van der Waals surface area contributed by atoms with E-state index in [0.29, 0.717) is 11.3 Å². The van der Waals surface area contributed by atoms with Crippen molar-refractivity contribution in [3.8, 4) is 17.0 Å². The number of aryl methyl sites for hydroxylation is 1. The zero-order chi connectivity index (χ0) is 30.1. The normalized spacial score (nSPS) is 11.5. The molecule has 4 aromatic rings. The molecule has 3 aromatic carbocycles. The summed E-state index contributed by atoms with van der Waals surface area (Å²) in [7, 11) is 0.113. The minimum Gasteiger partial charge on any atom is -0.484 e. The molecule has 0 spiro atoms. The van der Waals surface area contributed by atoms with Gasteiger partial charge < -0.3 is 19.1 Å². The van der Waals surface area contributed by atoms with Gasteiger partial charge in [-0.25, -0.2) is 4.98 Å². The lowest BCUT2D eigenvalue weighted by atomic mass is 10.1. The van der Waals surface area contributed by atoms with E-state index >= 15 is 0 Å². The van der Waals surface area contributed by atoms with Crippen LogP contribution in [0.1, 0.15) is 5.56 Å². The van der Waals surface area contributed by atoms with E-state index in [1.807, 2.05) is 56.3 Å². The lowest BCUT2D eigenvalue weighted by Crippen LogP contribution is -2.15. The zero-order valence-electron chi connectivity index (χ0n) is 23.7. The second kappa shape index (κ2) is 14.2. The van der Waals surface area contributed by atoms with Gasteiger partial charge >= 0.3 is 5.69 Å². The van der Waals surface area contributed by atoms with E-state index in [-0.39, 0.29) is 56.0 Å². The van der Waals surface area contributed by atoms with Gasteiger partial charge in [-0.05, 0) is 55.5 Å². The first-order valence-corrected chi connectivity index (χ1v) is 14.7. The molecule has 0 saturated carbocycles. The molecular formula is C30H33N3O8S. The first kappa shape index (κ1) is 30.8. The van der Waals surface area contributed by atoms with Crippen LogP contribution in [0.4, 0.5) is 11.4 Å². The third-order valence-electron chi connectivity index (χ3n) is 6.27. The largest absolute Gasteiger partial charge is 0.484 e. The highest BCUT2D eigenvalue weighted by Crippen LogP contribution is 2.33. The molecule has 11 nitrogen and oxygen atoms in total. The molecule has 0 fully saturated rings. The van der Waals surface area contributed by atoms with Crippen LogP contribution in [0.5, 0.6) is 5.75 Å². The summed E-state index contributed by atoms with van der Waals surface area (Å²) in [6.45, 7) is 2.52. The number of aromatic nitrogens is 1. The van der Waals surface area contributed by atoms with Gasteiger partial charge in [-0.15, -0.1) is 0 Å². The van der Waals surface area contributed by atoms with Crippen molar-refractivity contribution in [3.05, 3.63) is 88.5 Å². The molecule has 0 amide bonds. The number of nitrogens with zero attached hydrogens (tertiary/aromatic N) is 3. The molecule has 222 valence electrons. The van der Waals surface area contributed by atoms with Crippen LogP contribution in [0.15, 0.2) is 77.7 Å². The van der Waals surface area contributed by atoms with Crippen molar-refractivity contribution in [2.24, 2.45) is 0 Å². The van der Waals surface area contributed by atoms with Gasteiger partial charge in [0, 0.05) is 36.8 Å². The Kier molecular flexibility index (Phi) is 10.4. The minimum absolute atomic E-state index is 0.0730. The predicted octanol–water partition coefficient (Wildman–Crippen LogP) is 5.00. The number of ether oxygens (including phenoxy) is 3. The molecule has 42 heavy (non-hydrogen) atoms. The van der Waals surface area contributed by atoms with Crippen molar-refractivity contribution >= 4 is 32.4 Å². The lowest BCUT2D eigenvalue weighted by Gasteiger charge is -2.13. The summed E-state index contributed by atoms with van der Waals surface area (Å²) in [5.74, 6) is 0.120. The maximum absolute atomic E-state index is 12.2. The van der Waals surface area contributed by atoms with Gasteiger partial charge in [0.15, 0.2) is 5.75 Å². The molecule has 0 atom stereocenters. The highest BCUT2D eigenvalue weighted by molar-refractivity contribution is 7.86. The Labute approximate surface area is 244 Å². The number of fused-ring (bicyclic) bond motifs is 1. The van der Waals surface area contributed by atoms with Crippen LogP contribution in [-0.2, 0) is 23.8 Å². The molecule has 12 heteroatoms. The van der Waals surface area contributed by atoms with Crippen molar-refractivity contribution < 1.29 is 31.7 Å². The maximum atomic E-state index is 12.2. The number of hydrogen-bond donors (Lipinski definition) is 0. The average molecular weight is 596 g/mol. The standard InChI is InChI=1S/C30H33N3O8S/c1-22-4-9-26(10-5-22)42(36,37)41-19-17-39-15-14-38-16-18-40-30-21-24(7-13-29(30)33(34)35)27-11-6-23-20-25(32(2)3)8-12-28(23)31-27/h4-13,20-21H,14-19H2,1-3H3. The Morgan fingerprint density at radius 1 is 0.833 bits per heavy atom. The summed E-state index contributed by atoms with van der Waals surface area (Å²) < 4.78 is 45.8. The number of nitro benzene ring substituents is 1. The number of pyridine rings is 1. The molecule has 4 rings (SSSR count). The van der Waals surface area contributed by atoms with E-state index in [9.17, 15) is 18.5 Å². The quantitative estimate of drug-likeness (QED) is 0.0801. The van der Waals surface area contributed by atoms with E-state index < -0.39 is 15.0 Å². The Hall–Kier alpha value is -4.10. The number of nitro groups is 1. The van der Waals surface area contributed by atoms with Crippen LogP contribution in [0.25, 0.3) is 22.2 Å². The summed E-state index contributed by atoms with van der Waals surface area (Å²) in [4.78, 5) is 17.9. The summed E-state index contributed by atoms with van der Waals surface area (Å²) in [6, 6.07) is 20.9. The van der Waals surface area contributed by atoms with Gasteiger partial charge in [0.1, 0.15) is 6.61 Å². The van der Waals surface area contributed by atoms with Gasteiger partial charge in [0.2, 0.25) is 0 Å². The summed E-state index contributed by atoms with van der Waals surface area (Å²) in [6.07, 6.45) is 0. The highest BCUT2D eigenvalue weighted by atomic mass is 32.2. The van der Waals surface area contributed by atoms with E-state index in [1.165, 1.54) is 18.2 Å². The van der Waals surface area contributed by atoms with E-state index in [0.717, 1.165) is 22.2 Å². The van der Waals surface area contributed by atoms with E-state index in [1.54, 1.807) is 24.3 Å². The number of anilines is 1. The van der Waals surface area contributed by atoms with Crippen LogP contribution >= 0.6 is 0 Å². The smallest absolute Gasteiger partial charge is 0.310 e. The Morgan fingerprint density at radius 2 is 1.52 bits per heavy atom. The third kappa shape index (κ3) is 8.23. The van der Waals surface area contributed by atoms with Gasteiger partial charge in [-0.1, -0.05) is 23.8 Å². The summed E-state index contributed by atoms with van der Waals surface area (Å²) in [5.41, 5.74) is 4.04. The fourth-order valence-corrected chi connectivity index (χ4v) is 4.89. The molecular weight excluding hydrogens is 562 g/mol. The first-order valence-electron chi connectivity index (χ1n) is 13.3. The van der Waals surface area contributed by atoms with E-state index in [4.69, 9.17) is 23.4 Å². The molecule has 0 aliphatic rings. The van der Waals surface area contributed by atoms with Crippen molar-refractivity contribution in [2.75, 3.05) is 58.6 Å². The third-order valence-corrected chi connectivity index (χ3v) is 7.60. The fraction of sp³-hybridized carbons (Fsp3) is 0.300. The molecule has 0 N–H and O–H groups in total. The average Bonchev–Trinajstić information content (AvgIpc) is 2.97. The van der Waals surface area contributed by atoms with Gasteiger partial charge in [0.05, 0.1) is 54.1 Å². The molecule has 1 heterocycles.